The van der Waals surface area contributed by atoms with Crippen LogP contribution in [0.4, 0.5) is 4.39 Å². The molecule has 88 valence electrons. The molecule has 0 aromatic rings. The normalized spacial score (nSPS) is 40.4. The van der Waals surface area contributed by atoms with Crippen LogP contribution in [0.15, 0.2) is 0 Å². The van der Waals surface area contributed by atoms with Crippen molar-refractivity contribution >= 4 is 0 Å². The zero-order valence-electron chi connectivity index (χ0n) is 9.68. The fraction of sp³-hybridized carbons (Fsp3) is 1.00. The third-order valence-corrected chi connectivity index (χ3v) is 4.34. The van der Waals surface area contributed by atoms with Crippen molar-refractivity contribution in [3.63, 3.8) is 0 Å². The Kier molecular flexibility index (Phi) is 3.65. The summed E-state index contributed by atoms with van der Waals surface area (Å²) in [4.78, 5) is 0. The Morgan fingerprint density at radius 3 is 2.40 bits per heavy atom. The van der Waals surface area contributed by atoms with Gasteiger partial charge in [-0.3, -0.25) is 4.39 Å². The molecule has 2 rings (SSSR count). The molecule has 2 aliphatic carbocycles. The summed E-state index contributed by atoms with van der Waals surface area (Å²) >= 11 is 0. The first kappa shape index (κ1) is 11.4. The Morgan fingerprint density at radius 1 is 1.13 bits per heavy atom. The van der Waals surface area contributed by atoms with Gasteiger partial charge in [0, 0.05) is 5.54 Å². The summed E-state index contributed by atoms with van der Waals surface area (Å²) in [6.45, 7) is -0.178. The number of halogens is 1. The average molecular weight is 213 g/mol. The zero-order valence-corrected chi connectivity index (χ0v) is 9.68. The number of hydrogen-bond donors (Lipinski definition) is 1. The van der Waals surface area contributed by atoms with Gasteiger partial charge < -0.3 is 5.73 Å². The van der Waals surface area contributed by atoms with Crippen molar-refractivity contribution in [3.05, 3.63) is 0 Å². The molecule has 2 heteroatoms. The number of nitrogens with two attached hydrogens (primary N) is 1. The van der Waals surface area contributed by atoms with Crippen LogP contribution in [-0.4, -0.2) is 12.2 Å². The molecular weight excluding hydrogens is 189 g/mol. The van der Waals surface area contributed by atoms with Gasteiger partial charge in [-0.25, -0.2) is 0 Å². The van der Waals surface area contributed by atoms with Gasteiger partial charge in [0.1, 0.15) is 0 Å². The van der Waals surface area contributed by atoms with Crippen LogP contribution in [0.2, 0.25) is 0 Å². The predicted molar refractivity (Wildman–Crippen MR) is 61.4 cm³/mol. The lowest BCUT2D eigenvalue weighted by Gasteiger charge is -2.45. The van der Waals surface area contributed by atoms with Gasteiger partial charge in [0.25, 0.3) is 0 Å². The van der Waals surface area contributed by atoms with E-state index < -0.39 is 0 Å². The van der Waals surface area contributed by atoms with Crippen molar-refractivity contribution < 1.29 is 4.39 Å². The van der Waals surface area contributed by atoms with Crippen LogP contribution in [0, 0.1) is 11.8 Å². The molecule has 2 fully saturated rings. The molecule has 2 aliphatic rings. The van der Waals surface area contributed by atoms with Crippen molar-refractivity contribution in [2.75, 3.05) is 6.67 Å². The summed E-state index contributed by atoms with van der Waals surface area (Å²) in [5, 5.41) is 0. The summed E-state index contributed by atoms with van der Waals surface area (Å²) in [5.74, 6) is 1.76. The first-order valence-corrected chi connectivity index (χ1v) is 6.57. The summed E-state index contributed by atoms with van der Waals surface area (Å²) in [6.07, 6.45) is 10.7. The Labute approximate surface area is 92.6 Å². The van der Waals surface area contributed by atoms with Crippen LogP contribution in [0.1, 0.15) is 57.8 Å². The maximum absolute atomic E-state index is 12.1. The van der Waals surface area contributed by atoms with E-state index in [0.717, 1.165) is 24.7 Å². The molecule has 0 aromatic carbocycles. The van der Waals surface area contributed by atoms with E-state index in [-0.39, 0.29) is 12.2 Å². The van der Waals surface area contributed by atoms with Gasteiger partial charge in [0.05, 0.1) is 6.67 Å². The molecule has 0 radical (unpaired) electrons. The molecule has 2 atom stereocenters. The van der Waals surface area contributed by atoms with E-state index in [2.05, 4.69) is 0 Å². The second-order valence-electron chi connectivity index (χ2n) is 5.82. The number of alkyl halides is 1. The van der Waals surface area contributed by atoms with Crippen LogP contribution >= 0.6 is 0 Å². The maximum atomic E-state index is 12.1. The molecular formula is C13H24FN. The quantitative estimate of drug-likeness (QED) is 0.711. The topological polar surface area (TPSA) is 26.0 Å². The smallest absolute Gasteiger partial charge is 0.0894 e. The highest BCUT2D eigenvalue weighted by Crippen LogP contribution is 2.44. The molecule has 0 spiro atoms. The van der Waals surface area contributed by atoms with Crippen molar-refractivity contribution in [1.82, 2.24) is 0 Å². The molecule has 2 saturated carbocycles. The molecule has 0 heterocycles. The van der Waals surface area contributed by atoms with Crippen LogP contribution in [0.5, 0.6) is 0 Å². The van der Waals surface area contributed by atoms with Gasteiger partial charge in [-0.05, 0) is 50.4 Å². The van der Waals surface area contributed by atoms with Crippen LogP contribution < -0.4 is 5.73 Å². The molecule has 0 aliphatic heterocycles. The van der Waals surface area contributed by atoms with Crippen molar-refractivity contribution in [1.29, 1.82) is 0 Å². The summed E-state index contributed by atoms with van der Waals surface area (Å²) < 4.78 is 12.1. The van der Waals surface area contributed by atoms with E-state index >= 15 is 0 Å². The van der Waals surface area contributed by atoms with E-state index in [1.54, 1.807) is 0 Å². The molecule has 0 amide bonds. The number of hydrogen-bond acceptors (Lipinski definition) is 1. The molecule has 2 unspecified atom stereocenters. The number of rotatable bonds is 4. The minimum Gasteiger partial charge on any atom is -0.325 e. The summed E-state index contributed by atoms with van der Waals surface area (Å²) in [5.41, 5.74) is 6.53. The Hall–Kier alpha value is -0.110. The van der Waals surface area contributed by atoms with Crippen LogP contribution in [0.25, 0.3) is 0 Å². The Bertz CT molecular complexity index is 193. The zero-order chi connectivity index (χ0) is 10.7. The number of fused-ring (bicyclic) bond motifs is 2. The monoisotopic (exact) mass is 213 g/mol. The van der Waals surface area contributed by atoms with Gasteiger partial charge >= 0.3 is 0 Å². The highest BCUT2D eigenvalue weighted by molar-refractivity contribution is 4.95. The first-order chi connectivity index (χ1) is 7.22. The summed E-state index contributed by atoms with van der Waals surface area (Å²) in [6, 6.07) is 0. The third-order valence-electron chi connectivity index (χ3n) is 4.34. The largest absolute Gasteiger partial charge is 0.325 e. The average Bonchev–Trinajstić information content (AvgIpc) is 2.17. The van der Waals surface area contributed by atoms with Gasteiger partial charge in [0.15, 0.2) is 0 Å². The van der Waals surface area contributed by atoms with E-state index in [1.165, 1.54) is 38.5 Å². The van der Waals surface area contributed by atoms with Crippen molar-refractivity contribution in [2.24, 2.45) is 17.6 Å². The molecule has 2 bridgehead atoms. The third kappa shape index (κ3) is 2.93. The lowest BCUT2D eigenvalue weighted by molar-refractivity contribution is 0.106. The van der Waals surface area contributed by atoms with Gasteiger partial charge in [-0.15, -0.1) is 0 Å². The Balaban J connectivity index is 1.85. The highest BCUT2D eigenvalue weighted by Gasteiger charge is 2.38. The highest BCUT2D eigenvalue weighted by atomic mass is 19.1. The molecule has 0 saturated heterocycles. The van der Waals surface area contributed by atoms with Gasteiger partial charge in [-0.2, -0.15) is 0 Å². The SMILES string of the molecule is NC1(CCCCF)CC2CCCC(C2)C1. The molecule has 0 aromatic heterocycles. The van der Waals surface area contributed by atoms with Gasteiger partial charge in [0.2, 0.25) is 0 Å². The van der Waals surface area contributed by atoms with E-state index in [1.807, 2.05) is 0 Å². The van der Waals surface area contributed by atoms with Gasteiger partial charge in [-0.1, -0.05) is 19.3 Å². The lowest BCUT2D eigenvalue weighted by Crippen LogP contribution is -2.48. The molecule has 1 nitrogen and oxygen atoms in total. The predicted octanol–water partition coefficient (Wildman–Crippen LogP) is 3.42. The van der Waals surface area contributed by atoms with E-state index in [9.17, 15) is 4.39 Å². The van der Waals surface area contributed by atoms with Crippen LogP contribution in [0.3, 0.4) is 0 Å². The summed E-state index contributed by atoms with van der Waals surface area (Å²) in [7, 11) is 0. The fourth-order valence-corrected chi connectivity index (χ4v) is 3.78. The van der Waals surface area contributed by atoms with Crippen molar-refractivity contribution in [3.8, 4) is 0 Å². The minimum absolute atomic E-state index is 0.0587. The second-order valence-corrected chi connectivity index (χ2v) is 5.82. The van der Waals surface area contributed by atoms with Crippen molar-refractivity contribution in [2.45, 2.75) is 63.3 Å². The fourth-order valence-electron chi connectivity index (χ4n) is 3.78. The standard InChI is InChI=1S/C13H24FN/c14-7-2-1-6-13(15)9-11-4-3-5-12(8-11)10-13/h11-12H,1-10,15H2. The lowest BCUT2D eigenvalue weighted by atomic mass is 9.64. The Morgan fingerprint density at radius 2 is 1.80 bits per heavy atom. The number of unbranched alkanes of at least 4 members (excludes halogenated alkanes) is 1. The molecule has 15 heavy (non-hydrogen) atoms. The van der Waals surface area contributed by atoms with Crippen LogP contribution in [-0.2, 0) is 0 Å². The van der Waals surface area contributed by atoms with E-state index in [4.69, 9.17) is 5.73 Å². The second kappa shape index (κ2) is 4.82. The van der Waals surface area contributed by atoms with E-state index in [0.29, 0.717) is 6.42 Å². The minimum atomic E-state index is -0.178. The molecule has 2 N–H and O–H groups in total. The first-order valence-electron chi connectivity index (χ1n) is 6.57. The maximum Gasteiger partial charge on any atom is 0.0894 e.